The van der Waals surface area contributed by atoms with Crippen LogP contribution in [0.1, 0.15) is 29.3 Å². The number of carbonyl (C=O) groups excluding carboxylic acids is 2. The number of sulfone groups is 1. The van der Waals surface area contributed by atoms with Crippen molar-refractivity contribution in [3.8, 4) is 0 Å². The van der Waals surface area contributed by atoms with Crippen LogP contribution in [0.25, 0.3) is 0 Å². The van der Waals surface area contributed by atoms with Crippen molar-refractivity contribution in [1.29, 1.82) is 0 Å². The SMILES string of the molecule is C[C@@H](C(=O)N[C@@H]1CCS(=O)(=O)C1)N1Cc2ccccc2C1=O. The molecule has 118 valence electrons. The fourth-order valence-corrected chi connectivity index (χ4v) is 4.64. The molecule has 2 aliphatic heterocycles. The Morgan fingerprint density at radius 1 is 1.36 bits per heavy atom. The molecule has 0 aliphatic carbocycles. The quantitative estimate of drug-likeness (QED) is 0.869. The van der Waals surface area contributed by atoms with Gasteiger partial charge in [-0.15, -0.1) is 0 Å². The summed E-state index contributed by atoms with van der Waals surface area (Å²) in [5, 5.41) is 2.75. The number of nitrogens with zero attached hydrogens (tertiary/aromatic N) is 1. The van der Waals surface area contributed by atoms with Crippen LogP contribution in [0.2, 0.25) is 0 Å². The van der Waals surface area contributed by atoms with Crippen molar-refractivity contribution >= 4 is 21.7 Å². The third-order valence-corrected chi connectivity index (χ3v) is 6.04. The minimum Gasteiger partial charge on any atom is -0.351 e. The molecule has 0 aromatic heterocycles. The maximum atomic E-state index is 12.3. The summed E-state index contributed by atoms with van der Waals surface area (Å²) in [6.45, 7) is 2.08. The van der Waals surface area contributed by atoms with E-state index in [-0.39, 0.29) is 29.4 Å². The molecular formula is C15H18N2O4S. The van der Waals surface area contributed by atoms with Crippen molar-refractivity contribution in [2.45, 2.75) is 32.0 Å². The Hall–Kier alpha value is -1.89. The van der Waals surface area contributed by atoms with E-state index in [1.165, 1.54) is 4.90 Å². The standard InChI is InChI=1S/C15H18N2O4S/c1-10(14(18)16-12-6-7-22(20,21)9-12)17-8-11-4-2-3-5-13(11)15(17)19/h2-5,10,12H,6-9H2,1H3,(H,16,18)/t10-,12+/m0/s1. The third kappa shape index (κ3) is 2.72. The molecule has 0 saturated carbocycles. The Morgan fingerprint density at radius 2 is 2.09 bits per heavy atom. The predicted octanol–water partition coefficient (Wildman–Crippen LogP) is 0.334. The lowest BCUT2D eigenvalue weighted by Crippen LogP contribution is -2.48. The van der Waals surface area contributed by atoms with Gasteiger partial charge in [0.25, 0.3) is 5.91 Å². The number of benzene rings is 1. The summed E-state index contributed by atoms with van der Waals surface area (Å²) in [5.74, 6) is -0.361. The van der Waals surface area contributed by atoms with Gasteiger partial charge in [-0.3, -0.25) is 9.59 Å². The van der Waals surface area contributed by atoms with Crippen LogP contribution in [0, 0.1) is 0 Å². The van der Waals surface area contributed by atoms with Crippen LogP contribution in [-0.2, 0) is 21.2 Å². The topological polar surface area (TPSA) is 83.6 Å². The smallest absolute Gasteiger partial charge is 0.255 e. The summed E-state index contributed by atoms with van der Waals surface area (Å²) >= 11 is 0. The van der Waals surface area contributed by atoms with Gasteiger partial charge >= 0.3 is 0 Å². The number of nitrogens with one attached hydrogen (secondary N) is 1. The zero-order chi connectivity index (χ0) is 15.9. The number of fused-ring (bicyclic) bond motifs is 1. The predicted molar refractivity (Wildman–Crippen MR) is 81.0 cm³/mol. The van der Waals surface area contributed by atoms with E-state index >= 15 is 0 Å². The van der Waals surface area contributed by atoms with Crippen molar-refractivity contribution in [2.75, 3.05) is 11.5 Å². The van der Waals surface area contributed by atoms with Gasteiger partial charge in [-0.25, -0.2) is 8.42 Å². The lowest BCUT2D eigenvalue weighted by molar-refractivity contribution is -0.125. The van der Waals surface area contributed by atoms with E-state index in [1.807, 2.05) is 12.1 Å². The van der Waals surface area contributed by atoms with E-state index < -0.39 is 15.9 Å². The fourth-order valence-electron chi connectivity index (χ4n) is 2.96. The molecule has 0 unspecified atom stereocenters. The molecule has 1 saturated heterocycles. The molecule has 22 heavy (non-hydrogen) atoms. The molecule has 7 heteroatoms. The largest absolute Gasteiger partial charge is 0.351 e. The van der Waals surface area contributed by atoms with E-state index in [2.05, 4.69) is 5.32 Å². The van der Waals surface area contributed by atoms with Gasteiger partial charge in [0, 0.05) is 18.2 Å². The highest BCUT2D eigenvalue weighted by molar-refractivity contribution is 7.91. The fraction of sp³-hybridized carbons (Fsp3) is 0.467. The first kappa shape index (κ1) is 15.0. The maximum Gasteiger partial charge on any atom is 0.255 e. The average molecular weight is 322 g/mol. The van der Waals surface area contributed by atoms with Gasteiger partial charge in [-0.1, -0.05) is 18.2 Å². The summed E-state index contributed by atoms with van der Waals surface area (Å²) in [4.78, 5) is 26.1. The zero-order valence-electron chi connectivity index (χ0n) is 12.3. The van der Waals surface area contributed by atoms with Crippen molar-refractivity contribution in [2.24, 2.45) is 0 Å². The second-order valence-corrected chi connectivity index (χ2v) is 8.10. The second-order valence-electron chi connectivity index (χ2n) is 5.87. The van der Waals surface area contributed by atoms with Gasteiger partial charge in [-0.05, 0) is 25.0 Å². The van der Waals surface area contributed by atoms with E-state index in [4.69, 9.17) is 0 Å². The van der Waals surface area contributed by atoms with Gasteiger partial charge in [-0.2, -0.15) is 0 Å². The van der Waals surface area contributed by atoms with Crippen molar-refractivity contribution in [3.05, 3.63) is 35.4 Å². The highest BCUT2D eigenvalue weighted by Gasteiger charge is 2.35. The Balaban J connectivity index is 1.66. The highest BCUT2D eigenvalue weighted by atomic mass is 32.2. The highest BCUT2D eigenvalue weighted by Crippen LogP contribution is 2.24. The summed E-state index contributed by atoms with van der Waals surface area (Å²) < 4.78 is 22.9. The third-order valence-electron chi connectivity index (χ3n) is 4.28. The molecule has 0 radical (unpaired) electrons. The monoisotopic (exact) mass is 322 g/mol. The molecule has 1 aromatic carbocycles. The minimum absolute atomic E-state index is 0.0143. The summed E-state index contributed by atoms with van der Waals surface area (Å²) in [7, 11) is -3.04. The number of rotatable bonds is 3. The molecule has 0 bridgehead atoms. The molecule has 1 N–H and O–H groups in total. The van der Waals surface area contributed by atoms with E-state index in [1.54, 1.807) is 19.1 Å². The molecule has 2 amide bonds. The molecule has 1 aromatic rings. The first-order valence-electron chi connectivity index (χ1n) is 7.27. The average Bonchev–Trinajstić information content (AvgIpc) is 2.99. The number of amides is 2. The number of hydrogen-bond acceptors (Lipinski definition) is 4. The molecule has 1 fully saturated rings. The molecule has 2 aliphatic rings. The Bertz CT molecular complexity index is 729. The van der Waals surface area contributed by atoms with E-state index in [9.17, 15) is 18.0 Å². The van der Waals surface area contributed by atoms with Crippen LogP contribution >= 0.6 is 0 Å². The summed E-state index contributed by atoms with van der Waals surface area (Å²) in [5.41, 5.74) is 1.54. The first-order valence-corrected chi connectivity index (χ1v) is 9.09. The molecule has 3 rings (SSSR count). The summed E-state index contributed by atoms with van der Waals surface area (Å²) in [6.07, 6.45) is 0.439. The van der Waals surface area contributed by atoms with Gasteiger partial charge < -0.3 is 10.2 Å². The van der Waals surface area contributed by atoms with E-state index in [0.29, 0.717) is 18.5 Å². The summed E-state index contributed by atoms with van der Waals surface area (Å²) in [6, 6.07) is 6.33. The van der Waals surface area contributed by atoms with Crippen molar-refractivity contribution < 1.29 is 18.0 Å². The zero-order valence-corrected chi connectivity index (χ0v) is 13.1. The lowest BCUT2D eigenvalue weighted by Gasteiger charge is -2.24. The second kappa shape index (κ2) is 5.39. The Kier molecular flexibility index (Phi) is 3.68. The molecule has 2 atom stereocenters. The van der Waals surface area contributed by atoms with Crippen LogP contribution in [0.5, 0.6) is 0 Å². The Labute approximate surface area is 129 Å². The molecular weight excluding hydrogens is 304 g/mol. The van der Waals surface area contributed by atoms with Crippen molar-refractivity contribution in [1.82, 2.24) is 10.2 Å². The number of carbonyl (C=O) groups is 2. The molecule has 6 nitrogen and oxygen atoms in total. The Morgan fingerprint density at radius 3 is 2.73 bits per heavy atom. The lowest BCUT2D eigenvalue weighted by atomic mass is 10.1. The minimum atomic E-state index is -3.04. The van der Waals surface area contributed by atoms with Crippen LogP contribution in [0.4, 0.5) is 0 Å². The van der Waals surface area contributed by atoms with Crippen LogP contribution in [0.15, 0.2) is 24.3 Å². The van der Waals surface area contributed by atoms with E-state index in [0.717, 1.165) is 5.56 Å². The number of hydrogen-bond donors (Lipinski definition) is 1. The van der Waals surface area contributed by atoms with Crippen LogP contribution in [-0.4, -0.2) is 48.7 Å². The maximum absolute atomic E-state index is 12.3. The first-order chi connectivity index (χ1) is 10.4. The van der Waals surface area contributed by atoms with Crippen molar-refractivity contribution in [3.63, 3.8) is 0 Å². The van der Waals surface area contributed by atoms with Crippen LogP contribution < -0.4 is 5.32 Å². The van der Waals surface area contributed by atoms with Crippen LogP contribution in [0.3, 0.4) is 0 Å². The normalized spacial score (nSPS) is 24.1. The van der Waals surface area contributed by atoms with Gasteiger partial charge in [0.2, 0.25) is 5.91 Å². The molecule has 2 heterocycles. The molecule has 0 spiro atoms. The van der Waals surface area contributed by atoms with Gasteiger partial charge in [0.1, 0.15) is 6.04 Å². The van der Waals surface area contributed by atoms with Gasteiger partial charge in [0.05, 0.1) is 11.5 Å². The van der Waals surface area contributed by atoms with Gasteiger partial charge in [0.15, 0.2) is 9.84 Å².